The van der Waals surface area contributed by atoms with Crippen molar-refractivity contribution < 1.29 is 14.1 Å². The summed E-state index contributed by atoms with van der Waals surface area (Å²) in [5.74, 6) is -0.538. The molecule has 7 nitrogen and oxygen atoms in total. The number of halogens is 2. The molecular formula is C18H20Cl2N4O3. The molecule has 144 valence electrons. The van der Waals surface area contributed by atoms with Crippen LogP contribution in [0.2, 0.25) is 10.0 Å². The Bertz CT molecular complexity index is 868. The fourth-order valence-corrected chi connectivity index (χ4v) is 3.33. The van der Waals surface area contributed by atoms with Crippen molar-refractivity contribution in [2.45, 2.75) is 33.2 Å². The Balaban J connectivity index is 1.73. The van der Waals surface area contributed by atoms with Crippen molar-refractivity contribution in [3.05, 3.63) is 40.0 Å². The number of hydrogen-bond donors (Lipinski definition) is 1. The van der Waals surface area contributed by atoms with Crippen molar-refractivity contribution in [1.82, 2.24) is 15.5 Å². The second-order valence-electron chi connectivity index (χ2n) is 6.84. The summed E-state index contributed by atoms with van der Waals surface area (Å²) in [6.45, 7) is 6.01. The number of carbonyl (C=O) groups excluding carboxylic acids is 2. The number of rotatable bonds is 5. The molecule has 1 fully saturated rings. The molecule has 0 saturated carbocycles. The van der Waals surface area contributed by atoms with Gasteiger partial charge >= 0.3 is 0 Å². The molecule has 0 radical (unpaired) electrons. The molecule has 2 atom stereocenters. The lowest BCUT2D eigenvalue weighted by molar-refractivity contribution is -0.133. The smallest absolute Gasteiger partial charge is 0.249 e. The van der Waals surface area contributed by atoms with Crippen molar-refractivity contribution in [2.24, 2.45) is 11.8 Å². The highest BCUT2D eigenvalue weighted by Gasteiger charge is 2.39. The van der Waals surface area contributed by atoms with E-state index >= 15 is 0 Å². The number of benzene rings is 1. The number of amides is 2. The Morgan fingerprint density at radius 2 is 2.07 bits per heavy atom. The van der Waals surface area contributed by atoms with Crippen molar-refractivity contribution in [1.29, 1.82) is 0 Å². The van der Waals surface area contributed by atoms with Gasteiger partial charge in [-0.2, -0.15) is 4.98 Å². The number of aryl methyl sites for hydroxylation is 1. The molecule has 27 heavy (non-hydrogen) atoms. The molecule has 9 heteroatoms. The number of carbonyl (C=O) groups is 2. The third-order valence-corrected chi connectivity index (χ3v) is 5.25. The van der Waals surface area contributed by atoms with Crippen molar-refractivity contribution in [2.75, 3.05) is 11.4 Å². The molecule has 0 bridgehead atoms. The van der Waals surface area contributed by atoms with E-state index in [-0.39, 0.29) is 17.7 Å². The predicted molar refractivity (Wildman–Crippen MR) is 102 cm³/mol. The van der Waals surface area contributed by atoms with E-state index < -0.39 is 12.0 Å². The maximum absolute atomic E-state index is 12.8. The molecular weight excluding hydrogens is 391 g/mol. The Morgan fingerprint density at radius 1 is 1.33 bits per heavy atom. The summed E-state index contributed by atoms with van der Waals surface area (Å²) in [6, 6.07) is 4.52. The molecule has 1 N–H and O–H groups in total. The van der Waals surface area contributed by atoms with E-state index in [0.29, 0.717) is 40.4 Å². The van der Waals surface area contributed by atoms with Gasteiger partial charge in [0.2, 0.25) is 17.7 Å². The summed E-state index contributed by atoms with van der Waals surface area (Å²) in [5.41, 5.74) is 0.623. The molecule has 1 saturated heterocycles. The number of nitrogens with one attached hydrogen (secondary N) is 1. The van der Waals surface area contributed by atoms with Crippen LogP contribution in [0.25, 0.3) is 0 Å². The first-order chi connectivity index (χ1) is 12.8. The molecule has 1 aromatic heterocycles. The van der Waals surface area contributed by atoms with Crippen LogP contribution in [0.1, 0.15) is 38.0 Å². The van der Waals surface area contributed by atoms with E-state index in [2.05, 4.69) is 15.5 Å². The minimum atomic E-state index is -0.773. The predicted octanol–water partition coefficient (Wildman–Crippen LogP) is 3.55. The minimum absolute atomic E-state index is 0.0245. The summed E-state index contributed by atoms with van der Waals surface area (Å²) < 4.78 is 5.19. The normalized spacial score (nSPS) is 18.2. The average molecular weight is 411 g/mol. The molecule has 2 unspecified atom stereocenters. The monoisotopic (exact) mass is 410 g/mol. The van der Waals surface area contributed by atoms with Gasteiger partial charge in [0.15, 0.2) is 5.82 Å². The Kier molecular flexibility index (Phi) is 5.72. The number of hydrogen-bond acceptors (Lipinski definition) is 5. The summed E-state index contributed by atoms with van der Waals surface area (Å²) in [7, 11) is 0. The van der Waals surface area contributed by atoms with Gasteiger partial charge in [-0.05, 0) is 37.5 Å². The van der Waals surface area contributed by atoms with Crippen LogP contribution in [0.4, 0.5) is 5.69 Å². The first-order valence-corrected chi connectivity index (χ1v) is 9.40. The van der Waals surface area contributed by atoms with Gasteiger partial charge in [0.05, 0.1) is 10.0 Å². The van der Waals surface area contributed by atoms with Crippen LogP contribution in [0, 0.1) is 18.8 Å². The maximum Gasteiger partial charge on any atom is 0.249 e. The quantitative estimate of drug-likeness (QED) is 0.761. The van der Waals surface area contributed by atoms with Crippen LogP contribution in [0.5, 0.6) is 0 Å². The van der Waals surface area contributed by atoms with Gasteiger partial charge in [0.1, 0.15) is 12.0 Å². The third kappa shape index (κ3) is 4.09. The number of nitrogens with zero attached hydrogens (tertiary/aromatic N) is 3. The second-order valence-corrected chi connectivity index (χ2v) is 7.65. The molecule has 3 rings (SSSR count). The van der Waals surface area contributed by atoms with Crippen molar-refractivity contribution in [3.8, 4) is 0 Å². The van der Waals surface area contributed by atoms with Gasteiger partial charge in [0, 0.05) is 12.2 Å². The highest BCUT2D eigenvalue weighted by atomic mass is 35.5. The standard InChI is InChI=1S/C18H20Cl2N4O3/c1-9(2)15(17-21-10(3)23-27-17)22-16(25)12-6-7-24(18(12)26)11-4-5-13(19)14(20)8-11/h4-5,8-9,12,15H,6-7H2,1-3H3,(H,22,25). The van der Waals surface area contributed by atoms with Gasteiger partial charge in [0.25, 0.3) is 0 Å². The summed E-state index contributed by atoms with van der Waals surface area (Å²) in [6.07, 6.45) is 0.415. The fourth-order valence-electron chi connectivity index (χ4n) is 3.04. The van der Waals surface area contributed by atoms with Gasteiger partial charge in [-0.15, -0.1) is 0 Å². The van der Waals surface area contributed by atoms with Gasteiger partial charge in [-0.25, -0.2) is 0 Å². The van der Waals surface area contributed by atoms with E-state index in [1.807, 2.05) is 13.8 Å². The molecule has 0 aliphatic carbocycles. The van der Waals surface area contributed by atoms with Crippen LogP contribution in [-0.4, -0.2) is 28.5 Å². The van der Waals surface area contributed by atoms with E-state index in [1.54, 1.807) is 30.0 Å². The topological polar surface area (TPSA) is 88.3 Å². The van der Waals surface area contributed by atoms with Gasteiger partial charge in [-0.3, -0.25) is 9.59 Å². The highest BCUT2D eigenvalue weighted by Crippen LogP contribution is 2.31. The van der Waals surface area contributed by atoms with Crippen LogP contribution in [-0.2, 0) is 9.59 Å². The lowest BCUT2D eigenvalue weighted by Crippen LogP contribution is -2.40. The van der Waals surface area contributed by atoms with E-state index in [1.165, 1.54) is 0 Å². The van der Waals surface area contributed by atoms with E-state index in [4.69, 9.17) is 27.7 Å². The second kappa shape index (κ2) is 7.86. The minimum Gasteiger partial charge on any atom is -0.343 e. The van der Waals surface area contributed by atoms with Gasteiger partial charge in [-0.1, -0.05) is 42.2 Å². The lowest BCUT2D eigenvalue weighted by atomic mass is 10.0. The molecule has 0 spiro atoms. The van der Waals surface area contributed by atoms with E-state index in [9.17, 15) is 9.59 Å². The van der Waals surface area contributed by atoms with E-state index in [0.717, 1.165) is 0 Å². The van der Waals surface area contributed by atoms with Crippen molar-refractivity contribution in [3.63, 3.8) is 0 Å². The Hall–Kier alpha value is -2.12. The summed E-state index contributed by atoms with van der Waals surface area (Å²) >= 11 is 12.0. The Labute approximate surface area is 167 Å². The summed E-state index contributed by atoms with van der Waals surface area (Å²) in [4.78, 5) is 31.3. The summed E-state index contributed by atoms with van der Waals surface area (Å²) in [5, 5.41) is 7.43. The largest absolute Gasteiger partial charge is 0.343 e. The zero-order valence-corrected chi connectivity index (χ0v) is 16.7. The molecule has 2 amide bonds. The highest BCUT2D eigenvalue weighted by molar-refractivity contribution is 6.42. The molecule has 1 aromatic carbocycles. The van der Waals surface area contributed by atoms with Crippen LogP contribution >= 0.6 is 23.2 Å². The zero-order chi connectivity index (χ0) is 19.7. The van der Waals surface area contributed by atoms with Crippen molar-refractivity contribution >= 4 is 40.7 Å². The van der Waals surface area contributed by atoms with Crippen LogP contribution in [0.15, 0.2) is 22.7 Å². The molecule has 2 aromatic rings. The first kappa shape index (κ1) is 19.6. The van der Waals surface area contributed by atoms with Crippen LogP contribution in [0.3, 0.4) is 0 Å². The van der Waals surface area contributed by atoms with Crippen LogP contribution < -0.4 is 10.2 Å². The van der Waals surface area contributed by atoms with Gasteiger partial charge < -0.3 is 14.7 Å². The number of anilines is 1. The SMILES string of the molecule is Cc1noc(C(NC(=O)C2CCN(c3ccc(Cl)c(Cl)c3)C2=O)C(C)C)n1. The number of aromatic nitrogens is 2. The third-order valence-electron chi connectivity index (χ3n) is 4.51. The molecule has 2 heterocycles. The molecule has 1 aliphatic rings. The Morgan fingerprint density at radius 3 is 2.67 bits per heavy atom. The maximum atomic E-state index is 12.8. The first-order valence-electron chi connectivity index (χ1n) is 8.65. The average Bonchev–Trinajstić information content (AvgIpc) is 3.20. The molecule has 1 aliphatic heterocycles. The lowest BCUT2D eigenvalue weighted by Gasteiger charge is -2.21. The fraction of sp³-hybridized carbons (Fsp3) is 0.444. The zero-order valence-electron chi connectivity index (χ0n) is 15.2.